The highest BCUT2D eigenvalue weighted by atomic mass is 32.1. The summed E-state index contributed by atoms with van der Waals surface area (Å²) in [6, 6.07) is 12.6. The smallest absolute Gasteiger partial charge is 0.217 e. The predicted octanol–water partition coefficient (Wildman–Crippen LogP) is 4.20. The monoisotopic (exact) mass is 410 g/mol. The molecule has 0 aliphatic carbocycles. The van der Waals surface area contributed by atoms with Gasteiger partial charge in [-0.05, 0) is 53.9 Å². The van der Waals surface area contributed by atoms with Crippen LogP contribution >= 0.6 is 12.2 Å². The first kappa shape index (κ1) is 19.7. The Bertz CT molecular complexity index is 1060. The summed E-state index contributed by atoms with van der Waals surface area (Å²) in [6.45, 7) is 4.60. The molecule has 29 heavy (non-hydrogen) atoms. The van der Waals surface area contributed by atoms with Crippen LogP contribution in [0.5, 0.6) is 11.5 Å². The van der Waals surface area contributed by atoms with Crippen molar-refractivity contribution in [3.8, 4) is 22.9 Å². The van der Waals surface area contributed by atoms with E-state index in [4.69, 9.17) is 21.7 Å². The second-order valence-electron chi connectivity index (χ2n) is 7.25. The first-order valence-corrected chi connectivity index (χ1v) is 10.2. The number of nitrogens with one attached hydrogen (secondary N) is 1. The number of rotatable bonds is 6. The van der Waals surface area contributed by atoms with Gasteiger partial charge in [0.2, 0.25) is 4.77 Å². The van der Waals surface area contributed by atoms with Gasteiger partial charge in [-0.2, -0.15) is 4.98 Å². The molecular weight excluding hydrogens is 384 g/mol. The van der Waals surface area contributed by atoms with E-state index >= 15 is 0 Å². The Labute approximate surface area is 176 Å². The number of hydrogen-bond donors (Lipinski definition) is 1. The minimum absolute atomic E-state index is 0.567. The van der Waals surface area contributed by atoms with Crippen molar-refractivity contribution >= 4 is 12.2 Å². The van der Waals surface area contributed by atoms with Gasteiger partial charge >= 0.3 is 0 Å². The van der Waals surface area contributed by atoms with Gasteiger partial charge in [0.05, 0.1) is 20.9 Å². The molecule has 152 valence electrons. The van der Waals surface area contributed by atoms with Crippen molar-refractivity contribution in [2.24, 2.45) is 0 Å². The zero-order valence-electron chi connectivity index (χ0n) is 17.1. The van der Waals surface area contributed by atoms with Gasteiger partial charge in [0.1, 0.15) is 0 Å². The standard InChI is InChI=1S/C22H26N4O2S/c1-4-15-5-7-16(8-6-15)21-23-22(29)26(24-21)14-25-10-9-17-11-19(27-2)20(28-3)12-18(17)13-25/h5-8,11-12H,4,9-10,13-14H2,1-3H3,(H,23,24,29). The van der Waals surface area contributed by atoms with Crippen LogP contribution in [0.4, 0.5) is 0 Å². The molecule has 1 N–H and O–H groups in total. The molecular formula is C22H26N4O2S. The molecule has 0 amide bonds. The summed E-state index contributed by atoms with van der Waals surface area (Å²) in [7, 11) is 3.34. The van der Waals surface area contributed by atoms with Crippen LogP contribution in [0.15, 0.2) is 36.4 Å². The first-order valence-electron chi connectivity index (χ1n) is 9.83. The number of fused-ring (bicyclic) bond motifs is 1. The summed E-state index contributed by atoms with van der Waals surface area (Å²) in [6.07, 6.45) is 1.99. The number of H-pyrrole nitrogens is 1. The molecule has 2 aromatic carbocycles. The van der Waals surface area contributed by atoms with Gasteiger partial charge in [-0.15, -0.1) is 0 Å². The molecule has 0 saturated heterocycles. The number of aromatic nitrogens is 3. The van der Waals surface area contributed by atoms with Gasteiger partial charge in [0.15, 0.2) is 17.3 Å². The van der Waals surface area contributed by atoms with Gasteiger partial charge in [0.25, 0.3) is 0 Å². The highest BCUT2D eigenvalue weighted by molar-refractivity contribution is 7.71. The van der Waals surface area contributed by atoms with E-state index in [2.05, 4.69) is 58.3 Å². The van der Waals surface area contributed by atoms with E-state index in [0.29, 0.717) is 11.4 Å². The number of aryl methyl sites for hydroxylation is 1. The quantitative estimate of drug-likeness (QED) is 0.617. The first-order chi connectivity index (χ1) is 14.1. The molecule has 2 heterocycles. The predicted molar refractivity (Wildman–Crippen MR) is 116 cm³/mol. The van der Waals surface area contributed by atoms with Crippen molar-refractivity contribution in [1.82, 2.24) is 19.7 Å². The minimum Gasteiger partial charge on any atom is -0.493 e. The van der Waals surface area contributed by atoms with Gasteiger partial charge in [-0.1, -0.05) is 31.2 Å². The molecule has 0 radical (unpaired) electrons. The molecule has 7 heteroatoms. The third-order valence-electron chi connectivity index (χ3n) is 5.45. The summed E-state index contributed by atoms with van der Waals surface area (Å²) in [5, 5.41) is 3.36. The normalized spacial score (nSPS) is 13.9. The van der Waals surface area contributed by atoms with Crippen LogP contribution in [0.2, 0.25) is 0 Å². The van der Waals surface area contributed by atoms with Gasteiger partial charge < -0.3 is 9.47 Å². The lowest BCUT2D eigenvalue weighted by atomic mass is 9.99. The van der Waals surface area contributed by atoms with Crippen LogP contribution in [0.25, 0.3) is 11.4 Å². The second-order valence-corrected chi connectivity index (χ2v) is 7.62. The van der Waals surface area contributed by atoms with Crippen LogP contribution in [-0.4, -0.2) is 40.4 Å². The number of hydrogen-bond acceptors (Lipinski definition) is 5. The lowest BCUT2D eigenvalue weighted by Gasteiger charge is -2.29. The summed E-state index contributed by atoms with van der Waals surface area (Å²) >= 11 is 5.50. The fraction of sp³-hybridized carbons (Fsp3) is 0.364. The highest BCUT2D eigenvalue weighted by Gasteiger charge is 2.20. The average molecular weight is 411 g/mol. The molecule has 4 rings (SSSR count). The Kier molecular flexibility index (Phi) is 5.69. The molecule has 1 aromatic heterocycles. The summed E-state index contributed by atoms with van der Waals surface area (Å²) in [5.41, 5.74) is 4.93. The van der Waals surface area contributed by atoms with Gasteiger partial charge in [0, 0.05) is 18.7 Å². The molecule has 6 nitrogen and oxygen atoms in total. The molecule has 0 fully saturated rings. The number of aromatic amines is 1. The Morgan fingerprint density at radius 1 is 1.07 bits per heavy atom. The van der Waals surface area contributed by atoms with Crippen molar-refractivity contribution in [2.75, 3.05) is 20.8 Å². The molecule has 0 saturated carbocycles. The Morgan fingerprint density at radius 3 is 2.41 bits per heavy atom. The van der Waals surface area contributed by atoms with E-state index in [0.717, 1.165) is 48.8 Å². The molecule has 0 spiro atoms. The van der Waals surface area contributed by atoms with Crippen LogP contribution in [-0.2, 0) is 26.1 Å². The van der Waals surface area contributed by atoms with Crippen molar-refractivity contribution in [2.45, 2.75) is 33.0 Å². The fourth-order valence-electron chi connectivity index (χ4n) is 3.74. The molecule has 1 aliphatic heterocycles. The molecule has 0 unspecified atom stereocenters. The lowest BCUT2D eigenvalue weighted by Crippen LogP contribution is -2.32. The van der Waals surface area contributed by atoms with E-state index in [1.54, 1.807) is 14.2 Å². The van der Waals surface area contributed by atoms with Crippen LogP contribution in [0.1, 0.15) is 23.6 Å². The van der Waals surface area contributed by atoms with E-state index in [9.17, 15) is 0 Å². The number of nitrogens with zero attached hydrogens (tertiary/aromatic N) is 3. The second kappa shape index (κ2) is 8.39. The average Bonchev–Trinajstić information content (AvgIpc) is 3.12. The van der Waals surface area contributed by atoms with Crippen LogP contribution < -0.4 is 9.47 Å². The molecule has 0 bridgehead atoms. The van der Waals surface area contributed by atoms with E-state index in [-0.39, 0.29) is 0 Å². The third kappa shape index (κ3) is 4.06. The largest absolute Gasteiger partial charge is 0.493 e. The summed E-state index contributed by atoms with van der Waals surface area (Å²) in [4.78, 5) is 6.91. The molecule has 1 aliphatic rings. The Hall–Kier alpha value is -2.64. The minimum atomic E-state index is 0.567. The third-order valence-corrected chi connectivity index (χ3v) is 5.77. The van der Waals surface area contributed by atoms with E-state index in [1.165, 1.54) is 16.7 Å². The van der Waals surface area contributed by atoms with Crippen molar-refractivity contribution in [3.05, 3.63) is 57.9 Å². The Balaban J connectivity index is 1.52. The maximum atomic E-state index is 5.50. The zero-order chi connectivity index (χ0) is 20.4. The number of benzene rings is 2. The van der Waals surface area contributed by atoms with Crippen molar-refractivity contribution < 1.29 is 9.47 Å². The highest BCUT2D eigenvalue weighted by Crippen LogP contribution is 2.33. The van der Waals surface area contributed by atoms with Crippen LogP contribution in [0, 0.1) is 4.77 Å². The van der Waals surface area contributed by atoms with Crippen molar-refractivity contribution in [1.29, 1.82) is 0 Å². The number of ether oxygens (including phenoxy) is 2. The zero-order valence-corrected chi connectivity index (χ0v) is 17.9. The van der Waals surface area contributed by atoms with E-state index < -0.39 is 0 Å². The number of methoxy groups -OCH3 is 2. The Morgan fingerprint density at radius 2 is 1.76 bits per heavy atom. The lowest BCUT2D eigenvalue weighted by molar-refractivity contribution is 0.188. The SMILES string of the molecule is CCc1ccc(-c2nc(=S)n(CN3CCc4cc(OC)c(OC)cc4C3)[nH]2)cc1. The van der Waals surface area contributed by atoms with Gasteiger partial charge in [-0.3, -0.25) is 10.00 Å². The van der Waals surface area contributed by atoms with Crippen LogP contribution in [0.3, 0.4) is 0 Å². The molecule has 3 aromatic rings. The topological polar surface area (TPSA) is 55.3 Å². The van der Waals surface area contributed by atoms with Gasteiger partial charge in [-0.25, -0.2) is 4.68 Å². The van der Waals surface area contributed by atoms with E-state index in [1.807, 2.05) is 4.68 Å². The van der Waals surface area contributed by atoms with Crippen molar-refractivity contribution in [3.63, 3.8) is 0 Å². The fourth-order valence-corrected chi connectivity index (χ4v) is 3.94. The maximum Gasteiger partial charge on any atom is 0.217 e. The maximum absolute atomic E-state index is 5.50. The molecule has 0 atom stereocenters. The summed E-state index contributed by atoms with van der Waals surface area (Å²) < 4.78 is 13.4. The summed E-state index contributed by atoms with van der Waals surface area (Å²) in [5.74, 6) is 2.36.